The largest absolute Gasteiger partial charge is 0.380 e. The molecule has 1 aromatic carbocycles. The highest BCUT2D eigenvalue weighted by Gasteiger charge is 2.22. The van der Waals surface area contributed by atoms with Crippen LogP contribution >= 0.6 is 15.9 Å². The molecule has 0 unspecified atom stereocenters. The molecule has 0 amide bonds. The van der Waals surface area contributed by atoms with Crippen LogP contribution in [0.15, 0.2) is 22.7 Å². The van der Waals surface area contributed by atoms with Crippen LogP contribution in [0.25, 0.3) is 0 Å². The van der Waals surface area contributed by atoms with Gasteiger partial charge in [0.15, 0.2) is 0 Å². The first-order chi connectivity index (χ1) is 7.69. The lowest BCUT2D eigenvalue weighted by Gasteiger charge is -2.17. The molecule has 0 aromatic heterocycles. The average Bonchev–Trinajstić information content (AvgIpc) is 2.70. The van der Waals surface area contributed by atoms with Crippen molar-refractivity contribution in [2.24, 2.45) is 0 Å². The van der Waals surface area contributed by atoms with Crippen molar-refractivity contribution >= 4 is 15.9 Å². The van der Waals surface area contributed by atoms with Gasteiger partial charge in [-0.05, 0) is 36.6 Å². The monoisotopic (exact) mass is 283 g/mol. The molecule has 0 spiro atoms. The second kappa shape index (κ2) is 5.30. The number of rotatable bonds is 3. The van der Waals surface area contributed by atoms with Crippen molar-refractivity contribution in [1.29, 1.82) is 0 Å². The van der Waals surface area contributed by atoms with Crippen LogP contribution in [0.3, 0.4) is 0 Å². The zero-order valence-electron chi connectivity index (χ0n) is 9.87. The van der Waals surface area contributed by atoms with E-state index in [2.05, 4.69) is 46.0 Å². The van der Waals surface area contributed by atoms with E-state index >= 15 is 0 Å². The second-order valence-corrected chi connectivity index (χ2v) is 5.37. The highest BCUT2D eigenvalue weighted by Crippen LogP contribution is 2.20. The molecule has 1 saturated heterocycles. The van der Waals surface area contributed by atoms with Crippen LogP contribution in [0.1, 0.15) is 17.5 Å². The van der Waals surface area contributed by atoms with Gasteiger partial charge in [-0.1, -0.05) is 22.0 Å². The van der Waals surface area contributed by atoms with E-state index in [-0.39, 0.29) is 0 Å². The van der Waals surface area contributed by atoms with Crippen molar-refractivity contribution in [2.75, 3.05) is 20.2 Å². The highest BCUT2D eigenvalue weighted by atomic mass is 79.9. The Morgan fingerprint density at radius 3 is 2.94 bits per heavy atom. The van der Waals surface area contributed by atoms with Gasteiger partial charge in [-0.2, -0.15) is 0 Å². The van der Waals surface area contributed by atoms with Gasteiger partial charge in [0.05, 0.1) is 6.10 Å². The van der Waals surface area contributed by atoms with Crippen LogP contribution in [-0.2, 0) is 11.3 Å². The van der Waals surface area contributed by atoms with Gasteiger partial charge in [-0.3, -0.25) is 4.90 Å². The van der Waals surface area contributed by atoms with Crippen molar-refractivity contribution in [3.05, 3.63) is 33.8 Å². The predicted molar refractivity (Wildman–Crippen MR) is 69.6 cm³/mol. The lowest BCUT2D eigenvalue weighted by atomic mass is 10.1. The highest BCUT2D eigenvalue weighted by molar-refractivity contribution is 9.10. The lowest BCUT2D eigenvalue weighted by molar-refractivity contribution is 0.107. The minimum atomic E-state index is 0.427. The van der Waals surface area contributed by atoms with Crippen LogP contribution < -0.4 is 0 Å². The van der Waals surface area contributed by atoms with Crippen molar-refractivity contribution in [2.45, 2.75) is 26.0 Å². The molecule has 2 nitrogen and oxygen atoms in total. The summed E-state index contributed by atoms with van der Waals surface area (Å²) in [5.74, 6) is 0. The van der Waals surface area contributed by atoms with Crippen molar-refractivity contribution in [3.63, 3.8) is 0 Å². The minimum absolute atomic E-state index is 0.427. The molecule has 16 heavy (non-hydrogen) atoms. The molecular weight excluding hydrogens is 266 g/mol. The summed E-state index contributed by atoms with van der Waals surface area (Å²) in [7, 11) is 1.80. The standard InChI is InChI=1S/C13H18BrNO/c1-10-7-12(14)4-3-11(10)8-15-6-5-13(9-15)16-2/h3-4,7,13H,5-6,8-9H2,1-2H3/t13-/m1/s1. The summed E-state index contributed by atoms with van der Waals surface area (Å²) in [6.45, 7) is 5.42. The third-order valence-corrected chi connectivity index (χ3v) is 3.75. The molecule has 1 fully saturated rings. The molecule has 2 rings (SSSR count). The summed E-state index contributed by atoms with van der Waals surface area (Å²) >= 11 is 3.50. The van der Waals surface area contributed by atoms with Crippen LogP contribution in [0.2, 0.25) is 0 Å². The van der Waals surface area contributed by atoms with E-state index in [1.165, 1.54) is 11.1 Å². The SMILES string of the molecule is CO[C@@H]1CCN(Cc2ccc(Br)cc2C)C1. The van der Waals surface area contributed by atoms with Crippen molar-refractivity contribution in [3.8, 4) is 0 Å². The number of hydrogen-bond acceptors (Lipinski definition) is 2. The third kappa shape index (κ3) is 2.84. The molecule has 0 N–H and O–H groups in total. The van der Waals surface area contributed by atoms with E-state index in [1.807, 2.05) is 0 Å². The van der Waals surface area contributed by atoms with Crippen molar-refractivity contribution in [1.82, 2.24) is 4.90 Å². The summed E-state index contributed by atoms with van der Waals surface area (Å²) in [6, 6.07) is 6.50. The molecule has 3 heteroatoms. The maximum absolute atomic E-state index is 5.38. The quantitative estimate of drug-likeness (QED) is 0.846. The van der Waals surface area contributed by atoms with E-state index in [0.717, 1.165) is 30.5 Å². The number of nitrogens with zero attached hydrogens (tertiary/aromatic N) is 1. The van der Waals surface area contributed by atoms with E-state index in [0.29, 0.717) is 6.10 Å². The fourth-order valence-corrected chi connectivity index (χ4v) is 2.69. The molecule has 1 atom stereocenters. The molecule has 88 valence electrons. The number of hydrogen-bond donors (Lipinski definition) is 0. The third-order valence-electron chi connectivity index (χ3n) is 3.26. The number of ether oxygens (including phenoxy) is 1. The Bertz CT molecular complexity index is 367. The Morgan fingerprint density at radius 2 is 2.31 bits per heavy atom. The van der Waals surface area contributed by atoms with Gasteiger partial charge in [-0.15, -0.1) is 0 Å². The van der Waals surface area contributed by atoms with Gasteiger partial charge in [0.25, 0.3) is 0 Å². The molecule has 0 saturated carbocycles. The Hall–Kier alpha value is -0.380. The summed E-state index contributed by atoms with van der Waals surface area (Å²) < 4.78 is 6.54. The van der Waals surface area contributed by atoms with E-state index in [9.17, 15) is 0 Å². The Labute approximate surface area is 106 Å². The van der Waals surface area contributed by atoms with Gasteiger partial charge in [-0.25, -0.2) is 0 Å². The molecule has 0 radical (unpaired) electrons. The average molecular weight is 284 g/mol. The summed E-state index contributed by atoms with van der Waals surface area (Å²) in [5, 5.41) is 0. The van der Waals surface area contributed by atoms with Crippen LogP contribution in [0.5, 0.6) is 0 Å². The number of aryl methyl sites for hydroxylation is 1. The Morgan fingerprint density at radius 1 is 1.50 bits per heavy atom. The van der Waals surface area contributed by atoms with Crippen LogP contribution in [0.4, 0.5) is 0 Å². The van der Waals surface area contributed by atoms with Gasteiger partial charge in [0, 0.05) is 31.2 Å². The van der Waals surface area contributed by atoms with Crippen LogP contribution in [-0.4, -0.2) is 31.2 Å². The molecule has 1 heterocycles. The topological polar surface area (TPSA) is 12.5 Å². The number of likely N-dealkylation sites (tertiary alicyclic amines) is 1. The molecular formula is C13H18BrNO. The first-order valence-electron chi connectivity index (χ1n) is 5.69. The van der Waals surface area contributed by atoms with Gasteiger partial charge >= 0.3 is 0 Å². The van der Waals surface area contributed by atoms with Gasteiger partial charge in [0.2, 0.25) is 0 Å². The van der Waals surface area contributed by atoms with Gasteiger partial charge in [0.1, 0.15) is 0 Å². The normalized spacial score (nSPS) is 21.6. The van der Waals surface area contributed by atoms with E-state index in [1.54, 1.807) is 7.11 Å². The molecule has 1 aromatic rings. The summed E-state index contributed by atoms with van der Waals surface area (Å²) in [5.41, 5.74) is 2.77. The first-order valence-corrected chi connectivity index (χ1v) is 6.48. The number of halogens is 1. The van der Waals surface area contributed by atoms with Gasteiger partial charge < -0.3 is 4.74 Å². The fraction of sp³-hybridized carbons (Fsp3) is 0.538. The van der Waals surface area contributed by atoms with Crippen molar-refractivity contribution < 1.29 is 4.74 Å². The molecule has 0 aliphatic carbocycles. The Balaban J connectivity index is 1.99. The fourth-order valence-electron chi connectivity index (χ4n) is 2.21. The second-order valence-electron chi connectivity index (χ2n) is 4.45. The smallest absolute Gasteiger partial charge is 0.0710 e. The number of benzene rings is 1. The zero-order chi connectivity index (χ0) is 11.5. The lowest BCUT2D eigenvalue weighted by Crippen LogP contribution is -2.22. The zero-order valence-corrected chi connectivity index (χ0v) is 11.5. The predicted octanol–water partition coefficient (Wildman–Crippen LogP) is 2.98. The molecule has 1 aliphatic rings. The van der Waals surface area contributed by atoms with E-state index < -0.39 is 0 Å². The summed E-state index contributed by atoms with van der Waals surface area (Å²) in [4.78, 5) is 2.46. The molecule has 0 bridgehead atoms. The first kappa shape index (κ1) is 12.1. The summed E-state index contributed by atoms with van der Waals surface area (Å²) in [6.07, 6.45) is 1.59. The minimum Gasteiger partial charge on any atom is -0.380 e. The maximum atomic E-state index is 5.38. The Kier molecular flexibility index (Phi) is 4.00. The van der Waals surface area contributed by atoms with E-state index in [4.69, 9.17) is 4.74 Å². The van der Waals surface area contributed by atoms with Crippen LogP contribution in [0, 0.1) is 6.92 Å². The molecule has 1 aliphatic heterocycles. The number of methoxy groups -OCH3 is 1. The maximum Gasteiger partial charge on any atom is 0.0710 e.